The number of piperidine rings is 1. The van der Waals surface area contributed by atoms with Gasteiger partial charge in [-0.1, -0.05) is 6.42 Å². The van der Waals surface area contributed by atoms with Gasteiger partial charge in [-0.3, -0.25) is 5.50 Å². The van der Waals surface area contributed by atoms with Gasteiger partial charge in [0, 0.05) is 12.6 Å². The van der Waals surface area contributed by atoms with Crippen LogP contribution in [-0.4, -0.2) is 23.9 Å². The Hall–Kier alpha value is 0.310. The second kappa shape index (κ2) is 3.36. The topological polar surface area (TPSA) is 38.5 Å². The maximum Gasteiger partial charge on any atom is 0.182 e. The van der Waals surface area contributed by atoms with Gasteiger partial charge < -0.3 is 4.52 Å². The van der Waals surface area contributed by atoms with E-state index in [-0.39, 0.29) is 0 Å². The second-order valence-corrected chi connectivity index (χ2v) is 4.61. The van der Waals surface area contributed by atoms with E-state index in [4.69, 9.17) is 10.0 Å². The molecule has 0 amide bonds. The third-order valence-electron chi connectivity index (χ3n) is 2.52. The predicted molar refractivity (Wildman–Crippen MR) is 46.0 cm³/mol. The fourth-order valence-corrected chi connectivity index (χ4v) is 3.23. The molecule has 11 heavy (non-hydrogen) atoms. The molecule has 64 valence electrons. The van der Waals surface area contributed by atoms with E-state index in [2.05, 4.69) is 4.67 Å². The molecule has 1 unspecified atom stereocenters. The van der Waals surface area contributed by atoms with Gasteiger partial charge in [-0.25, -0.2) is 4.67 Å². The van der Waals surface area contributed by atoms with Gasteiger partial charge in [0.1, 0.15) is 0 Å². The maximum absolute atomic E-state index is 5.86. The van der Waals surface area contributed by atoms with E-state index in [0.29, 0.717) is 0 Å². The average molecular weight is 174 g/mol. The van der Waals surface area contributed by atoms with Crippen LogP contribution in [0.3, 0.4) is 0 Å². The van der Waals surface area contributed by atoms with E-state index < -0.39 is 8.45 Å². The van der Waals surface area contributed by atoms with E-state index in [1.54, 1.807) is 0 Å². The molecule has 0 saturated carbocycles. The minimum absolute atomic E-state index is 0.716. The van der Waals surface area contributed by atoms with Crippen LogP contribution in [0.4, 0.5) is 0 Å². The molecule has 2 N–H and O–H groups in total. The molecule has 2 saturated heterocycles. The van der Waals surface area contributed by atoms with Crippen molar-refractivity contribution in [2.24, 2.45) is 5.50 Å². The van der Waals surface area contributed by atoms with Gasteiger partial charge in [0.05, 0.1) is 6.61 Å². The van der Waals surface area contributed by atoms with Crippen LogP contribution in [0.5, 0.6) is 0 Å². The molecule has 2 heterocycles. The molecule has 2 atom stereocenters. The maximum atomic E-state index is 5.86. The molecule has 4 heteroatoms. The number of nitrogens with zero attached hydrogens (tertiary/aromatic N) is 1. The van der Waals surface area contributed by atoms with Crippen LogP contribution in [0.1, 0.15) is 25.7 Å². The van der Waals surface area contributed by atoms with E-state index in [9.17, 15) is 0 Å². The molecule has 2 aliphatic heterocycles. The monoisotopic (exact) mass is 174 g/mol. The van der Waals surface area contributed by atoms with Crippen molar-refractivity contribution < 1.29 is 4.52 Å². The van der Waals surface area contributed by atoms with Crippen LogP contribution in [0.2, 0.25) is 0 Å². The molecule has 3 nitrogen and oxygen atoms in total. The lowest BCUT2D eigenvalue weighted by Gasteiger charge is -2.41. The van der Waals surface area contributed by atoms with Crippen LogP contribution in [-0.2, 0) is 4.52 Å². The summed E-state index contributed by atoms with van der Waals surface area (Å²) in [5.41, 5.74) is 5.86. The number of rotatable bonds is 0. The van der Waals surface area contributed by atoms with Crippen LogP contribution in [0.15, 0.2) is 0 Å². The fourth-order valence-electron chi connectivity index (χ4n) is 1.89. The second-order valence-electron chi connectivity index (χ2n) is 3.24. The van der Waals surface area contributed by atoms with Crippen molar-refractivity contribution in [3.8, 4) is 0 Å². The molecular weight excluding hydrogens is 159 g/mol. The van der Waals surface area contributed by atoms with Crippen molar-refractivity contribution in [1.82, 2.24) is 4.67 Å². The number of nitrogens with two attached hydrogens (primary N) is 1. The van der Waals surface area contributed by atoms with Crippen molar-refractivity contribution in [1.29, 1.82) is 0 Å². The Balaban J connectivity index is 1.99. The van der Waals surface area contributed by atoms with Crippen molar-refractivity contribution >= 4 is 8.45 Å². The van der Waals surface area contributed by atoms with Gasteiger partial charge in [-0.2, -0.15) is 0 Å². The summed E-state index contributed by atoms with van der Waals surface area (Å²) in [5.74, 6) is 0. The molecular formula is C7H15N2OP. The molecule has 0 aliphatic carbocycles. The highest BCUT2D eigenvalue weighted by atomic mass is 31.2. The van der Waals surface area contributed by atoms with Crippen LogP contribution in [0.25, 0.3) is 0 Å². The van der Waals surface area contributed by atoms with E-state index >= 15 is 0 Å². The lowest BCUT2D eigenvalue weighted by molar-refractivity contribution is 0.154. The quantitative estimate of drug-likeness (QED) is 0.565. The minimum Gasteiger partial charge on any atom is -0.332 e. The lowest BCUT2D eigenvalue weighted by atomic mass is 10.0. The summed E-state index contributed by atoms with van der Waals surface area (Å²) in [7, 11) is -0.716. The molecule has 0 radical (unpaired) electrons. The van der Waals surface area contributed by atoms with Crippen LogP contribution < -0.4 is 5.50 Å². The first kappa shape index (κ1) is 7.93. The molecule has 0 aromatic heterocycles. The lowest BCUT2D eigenvalue weighted by Crippen LogP contribution is -2.41. The standard InChI is InChI=1S/C7H15N2OP/c8-11-9-5-2-1-3-7(9)4-6-10-11/h7H,1-6,8H2/t7?,11-/m0/s1. The van der Waals surface area contributed by atoms with Gasteiger partial charge in [0.25, 0.3) is 0 Å². The Morgan fingerprint density at radius 1 is 1.36 bits per heavy atom. The van der Waals surface area contributed by atoms with E-state index in [0.717, 1.165) is 19.2 Å². The average Bonchev–Trinajstić information content (AvgIpc) is 2.06. The smallest absolute Gasteiger partial charge is 0.182 e. The molecule has 0 spiro atoms. The third kappa shape index (κ3) is 1.57. The Bertz CT molecular complexity index is 142. The molecule has 2 fully saturated rings. The molecule has 2 rings (SSSR count). The predicted octanol–water partition coefficient (Wildman–Crippen LogP) is 1.45. The SMILES string of the molecule is N[P@]1OCCC2CCCCN21. The Morgan fingerprint density at radius 3 is 3.09 bits per heavy atom. The molecule has 0 aromatic rings. The normalized spacial score (nSPS) is 40.1. The Kier molecular flexibility index (Phi) is 2.42. The highest BCUT2D eigenvalue weighted by Gasteiger charge is 2.31. The summed E-state index contributed by atoms with van der Waals surface area (Å²) in [6.45, 7) is 2.04. The largest absolute Gasteiger partial charge is 0.332 e. The van der Waals surface area contributed by atoms with Crippen LogP contribution >= 0.6 is 8.45 Å². The molecule has 0 aromatic carbocycles. The summed E-state index contributed by atoms with van der Waals surface area (Å²) in [4.78, 5) is 0. The molecule has 0 bridgehead atoms. The van der Waals surface area contributed by atoms with Crippen molar-refractivity contribution in [3.05, 3.63) is 0 Å². The highest BCUT2D eigenvalue weighted by molar-refractivity contribution is 7.47. The number of hydrogen-bond acceptors (Lipinski definition) is 3. The zero-order valence-corrected chi connectivity index (χ0v) is 7.59. The summed E-state index contributed by atoms with van der Waals surface area (Å²) in [6.07, 6.45) is 5.20. The van der Waals surface area contributed by atoms with Gasteiger partial charge in [-0.15, -0.1) is 0 Å². The fraction of sp³-hybridized carbons (Fsp3) is 1.00. The third-order valence-corrected chi connectivity index (χ3v) is 4.00. The zero-order valence-electron chi connectivity index (χ0n) is 6.70. The first-order chi connectivity index (χ1) is 5.38. The highest BCUT2D eigenvalue weighted by Crippen LogP contribution is 2.43. The van der Waals surface area contributed by atoms with Gasteiger partial charge >= 0.3 is 0 Å². The Labute approximate surface area is 68.8 Å². The van der Waals surface area contributed by atoms with Gasteiger partial charge in [0.2, 0.25) is 0 Å². The van der Waals surface area contributed by atoms with Crippen molar-refractivity contribution in [2.45, 2.75) is 31.7 Å². The number of fused-ring (bicyclic) bond motifs is 1. The van der Waals surface area contributed by atoms with Crippen molar-refractivity contribution in [3.63, 3.8) is 0 Å². The van der Waals surface area contributed by atoms with Crippen molar-refractivity contribution in [2.75, 3.05) is 13.2 Å². The summed E-state index contributed by atoms with van der Waals surface area (Å²) in [6, 6.07) is 0.744. The Morgan fingerprint density at radius 2 is 2.27 bits per heavy atom. The summed E-state index contributed by atoms with van der Waals surface area (Å²) in [5, 5.41) is 0. The van der Waals surface area contributed by atoms with E-state index in [1.165, 1.54) is 25.7 Å². The minimum atomic E-state index is -0.716. The molecule has 2 aliphatic rings. The zero-order chi connectivity index (χ0) is 7.68. The number of hydrogen-bond donors (Lipinski definition) is 1. The van der Waals surface area contributed by atoms with Gasteiger partial charge in [0.15, 0.2) is 8.45 Å². The first-order valence-electron chi connectivity index (χ1n) is 4.32. The summed E-state index contributed by atoms with van der Waals surface area (Å²) < 4.78 is 7.78. The van der Waals surface area contributed by atoms with Gasteiger partial charge in [-0.05, 0) is 19.3 Å². The van der Waals surface area contributed by atoms with E-state index in [1.807, 2.05) is 0 Å². The first-order valence-corrected chi connectivity index (χ1v) is 5.60. The summed E-state index contributed by atoms with van der Waals surface area (Å²) >= 11 is 0. The van der Waals surface area contributed by atoms with Crippen LogP contribution in [0, 0.1) is 0 Å².